The van der Waals surface area contributed by atoms with E-state index in [1.807, 2.05) is 4.90 Å². The number of urea groups is 1. The van der Waals surface area contributed by atoms with E-state index in [0.717, 1.165) is 26.0 Å². The highest BCUT2D eigenvalue weighted by atomic mass is 16.5. The van der Waals surface area contributed by atoms with Crippen molar-refractivity contribution in [1.82, 2.24) is 9.80 Å². The fourth-order valence-corrected chi connectivity index (χ4v) is 3.66. The molecule has 3 rings (SSSR count). The highest BCUT2D eigenvalue weighted by Crippen LogP contribution is 2.28. The van der Waals surface area contributed by atoms with Crippen LogP contribution in [0.25, 0.3) is 0 Å². The Morgan fingerprint density at radius 2 is 1.96 bits per heavy atom. The van der Waals surface area contributed by atoms with Crippen LogP contribution in [0.4, 0.5) is 10.5 Å². The minimum atomic E-state index is -0.168. The first kappa shape index (κ1) is 20.5. The molecule has 7 nitrogen and oxygen atoms in total. The number of methoxy groups -OCH3 is 1. The van der Waals surface area contributed by atoms with Crippen LogP contribution >= 0.6 is 0 Å². The average Bonchev–Trinajstić information content (AvgIpc) is 3.15. The van der Waals surface area contributed by atoms with E-state index in [-0.39, 0.29) is 18.0 Å². The molecule has 1 N–H and O–H groups in total. The molecule has 0 aromatic heterocycles. The zero-order chi connectivity index (χ0) is 20.1. The van der Waals surface area contributed by atoms with Gasteiger partial charge in [-0.25, -0.2) is 4.79 Å². The van der Waals surface area contributed by atoms with E-state index in [1.165, 1.54) is 31.3 Å². The number of hydrogen-bond acceptors (Lipinski definition) is 4. The number of carbonyl (C=O) groups is 2. The van der Waals surface area contributed by atoms with Crippen molar-refractivity contribution in [3.8, 4) is 5.75 Å². The van der Waals surface area contributed by atoms with Crippen LogP contribution in [0.2, 0.25) is 0 Å². The summed E-state index contributed by atoms with van der Waals surface area (Å²) in [5.41, 5.74) is 1.01. The molecule has 1 aliphatic heterocycles. The van der Waals surface area contributed by atoms with E-state index in [4.69, 9.17) is 9.47 Å². The molecule has 2 fully saturated rings. The monoisotopic (exact) mass is 389 g/mol. The van der Waals surface area contributed by atoms with E-state index in [2.05, 4.69) is 5.32 Å². The summed E-state index contributed by atoms with van der Waals surface area (Å²) in [5, 5.41) is 2.96. The Bertz CT molecular complexity index is 697. The maximum Gasteiger partial charge on any atom is 0.321 e. The first-order chi connectivity index (χ1) is 13.5. The minimum Gasteiger partial charge on any atom is -0.496 e. The number of hydrogen-bond donors (Lipinski definition) is 1. The minimum absolute atomic E-state index is 0.118. The number of nitrogens with one attached hydrogen (secondary N) is 1. The summed E-state index contributed by atoms with van der Waals surface area (Å²) >= 11 is 0. The normalized spacial score (nSPS) is 19.0. The summed E-state index contributed by atoms with van der Waals surface area (Å²) in [6, 6.07) is 5.00. The second-order valence-electron chi connectivity index (χ2n) is 7.88. The van der Waals surface area contributed by atoms with Gasteiger partial charge in [-0.1, -0.05) is 6.42 Å². The smallest absolute Gasteiger partial charge is 0.321 e. The lowest BCUT2D eigenvalue weighted by Crippen LogP contribution is -2.44. The molecule has 0 bridgehead atoms. The van der Waals surface area contributed by atoms with Gasteiger partial charge in [0, 0.05) is 39.5 Å². The SMILES string of the molecule is COc1ccc(NC(=O)N(CC2CCC2)C[C@H]2CCCO2)cc1C(=O)N(C)C. The lowest BCUT2D eigenvalue weighted by molar-refractivity contribution is 0.0748. The van der Waals surface area contributed by atoms with Crippen LogP contribution in [-0.4, -0.2) is 68.7 Å². The molecule has 28 heavy (non-hydrogen) atoms. The molecule has 1 heterocycles. The third kappa shape index (κ3) is 4.95. The van der Waals surface area contributed by atoms with Gasteiger partial charge in [-0.2, -0.15) is 0 Å². The number of rotatable bonds is 7. The van der Waals surface area contributed by atoms with Crippen molar-refractivity contribution in [3.05, 3.63) is 23.8 Å². The third-order valence-corrected chi connectivity index (χ3v) is 5.53. The molecule has 1 aromatic carbocycles. The third-order valence-electron chi connectivity index (χ3n) is 5.53. The fraction of sp³-hybridized carbons (Fsp3) is 0.619. The number of anilines is 1. The maximum absolute atomic E-state index is 13.0. The maximum atomic E-state index is 13.0. The van der Waals surface area contributed by atoms with Gasteiger partial charge in [0.05, 0.1) is 18.8 Å². The fourth-order valence-electron chi connectivity index (χ4n) is 3.66. The van der Waals surface area contributed by atoms with Crippen molar-refractivity contribution in [1.29, 1.82) is 0 Å². The lowest BCUT2D eigenvalue weighted by Gasteiger charge is -2.33. The topological polar surface area (TPSA) is 71.1 Å². The van der Waals surface area contributed by atoms with Gasteiger partial charge in [-0.05, 0) is 49.8 Å². The van der Waals surface area contributed by atoms with Gasteiger partial charge in [0.1, 0.15) is 5.75 Å². The molecule has 154 valence electrons. The highest BCUT2D eigenvalue weighted by molar-refractivity contribution is 5.99. The van der Waals surface area contributed by atoms with E-state index < -0.39 is 0 Å². The molecule has 2 aliphatic rings. The number of carbonyl (C=O) groups excluding carboxylic acids is 2. The molecular weight excluding hydrogens is 358 g/mol. The highest BCUT2D eigenvalue weighted by Gasteiger charge is 2.27. The first-order valence-electron chi connectivity index (χ1n) is 10.0. The summed E-state index contributed by atoms with van der Waals surface area (Å²) in [7, 11) is 4.91. The van der Waals surface area contributed by atoms with Gasteiger partial charge < -0.3 is 24.6 Å². The molecule has 1 saturated carbocycles. The van der Waals surface area contributed by atoms with E-state index in [9.17, 15) is 9.59 Å². The Labute approximate surface area is 167 Å². The van der Waals surface area contributed by atoms with Gasteiger partial charge >= 0.3 is 6.03 Å². The Morgan fingerprint density at radius 1 is 1.18 bits per heavy atom. The molecule has 1 atom stereocenters. The van der Waals surface area contributed by atoms with E-state index >= 15 is 0 Å². The van der Waals surface area contributed by atoms with Gasteiger partial charge in [0.25, 0.3) is 5.91 Å². The van der Waals surface area contributed by atoms with Gasteiger partial charge in [0.2, 0.25) is 0 Å². The predicted octanol–water partition coefficient (Wildman–Crippen LogP) is 3.21. The molecule has 0 radical (unpaired) electrons. The standard InChI is InChI=1S/C21H31N3O4/c1-23(2)20(25)18-12-16(9-10-19(18)27-3)22-21(26)24(13-15-6-4-7-15)14-17-8-5-11-28-17/h9-10,12,15,17H,4-8,11,13-14H2,1-3H3,(H,22,26)/t17-/m1/s1. The molecule has 1 aromatic rings. The molecule has 3 amide bonds. The van der Waals surface area contributed by atoms with Gasteiger partial charge in [-0.3, -0.25) is 4.79 Å². The van der Waals surface area contributed by atoms with Crippen LogP contribution in [-0.2, 0) is 4.74 Å². The van der Waals surface area contributed by atoms with E-state index in [0.29, 0.717) is 29.5 Å². The second kappa shape index (κ2) is 9.28. The molecular formula is C21H31N3O4. The van der Waals surface area contributed by atoms with Crippen molar-refractivity contribution in [2.24, 2.45) is 5.92 Å². The van der Waals surface area contributed by atoms with Crippen LogP contribution in [0.3, 0.4) is 0 Å². The summed E-state index contributed by atoms with van der Waals surface area (Å²) in [6.45, 7) is 2.14. The lowest BCUT2D eigenvalue weighted by atomic mass is 9.85. The summed E-state index contributed by atoms with van der Waals surface area (Å²) < 4.78 is 11.0. The first-order valence-corrected chi connectivity index (χ1v) is 10.0. The summed E-state index contributed by atoms with van der Waals surface area (Å²) in [4.78, 5) is 28.8. The van der Waals surface area contributed by atoms with Crippen LogP contribution in [0.1, 0.15) is 42.5 Å². The van der Waals surface area contributed by atoms with Gasteiger partial charge in [0.15, 0.2) is 0 Å². The number of ether oxygens (including phenoxy) is 2. The average molecular weight is 389 g/mol. The quantitative estimate of drug-likeness (QED) is 0.777. The van der Waals surface area contributed by atoms with Crippen LogP contribution < -0.4 is 10.1 Å². The Kier molecular flexibility index (Phi) is 6.78. The van der Waals surface area contributed by atoms with Crippen LogP contribution in [0.5, 0.6) is 5.75 Å². The summed E-state index contributed by atoms with van der Waals surface area (Å²) in [5.74, 6) is 0.898. The Hall–Kier alpha value is -2.28. The largest absolute Gasteiger partial charge is 0.496 e. The second-order valence-corrected chi connectivity index (χ2v) is 7.88. The van der Waals surface area contributed by atoms with Crippen LogP contribution in [0, 0.1) is 5.92 Å². The number of amides is 3. The van der Waals surface area contributed by atoms with Gasteiger partial charge in [-0.15, -0.1) is 0 Å². The molecule has 1 aliphatic carbocycles. The molecule has 0 unspecified atom stereocenters. The Balaban J connectivity index is 1.72. The van der Waals surface area contributed by atoms with Crippen molar-refractivity contribution in [2.75, 3.05) is 46.2 Å². The van der Waals surface area contributed by atoms with Crippen molar-refractivity contribution in [3.63, 3.8) is 0 Å². The molecule has 1 saturated heterocycles. The zero-order valence-corrected chi connectivity index (χ0v) is 17.1. The van der Waals surface area contributed by atoms with Crippen LogP contribution in [0.15, 0.2) is 18.2 Å². The number of nitrogens with zero attached hydrogens (tertiary/aromatic N) is 2. The molecule has 0 spiro atoms. The summed E-state index contributed by atoms with van der Waals surface area (Å²) in [6.07, 6.45) is 5.77. The van der Waals surface area contributed by atoms with Crippen molar-refractivity contribution in [2.45, 2.75) is 38.2 Å². The molecule has 7 heteroatoms. The number of benzene rings is 1. The Morgan fingerprint density at radius 3 is 2.54 bits per heavy atom. The predicted molar refractivity (Wildman–Crippen MR) is 108 cm³/mol. The van der Waals surface area contributed by atoms with E-state index in [1.54, 1.807) is 32.3 Å². The zero-order valence-electron chi connectivity index (χ0n) is 17.1. The van der Waals surface area contributed by atoms with Crippen molar-refractivity contribution >= 4 is 17.6 Å². The van der Waals surface area contributed by atoms with Crippen molar-refractivity contribution < 1.29 is 19.1 Å².